The van der Waals surface area contributed by atoms with Crippen LogP contribution in [0, 0.1) is 46.3 Å². The average molecular weight is 529 g/mol. The number of carbonyl (C=O) groups is 1. The van der Waals surface area contributed by atoms with Gasteiger partial charge in [-0.2, -0.15) is 0 Å². The molecular weight excluding hydrogens is 468 g/mol. The summed E-state index contributed by atoms with van der Waals surface area (Å²) in [4.78, 5) is 11.9. The van der Waals surface area contributed by atoms with Crippen LogP contribution in [-0.2, 0) is 4.74 Å². The van der Waals surface area contributed by atoms with Crippen LogP contribution in [0.3, 0.4) is 0 Å². The van der Waals surface area contributed by atoms with Crippen LogP contribution in [0.4, 0.5) is 4.79 Å². The number of alkyl carbamates (subject to hydrolysis) is 1. The predicted molar refractivity (Wildman–Crippen MR) is 159 cm³/mol. The molecule has 0 radical (unpaired) electrons. The van der Waals surface area contributed by atoms with Gasteiger partial charge in [-0.3, -0.25) is 0 Å². The molecule has 2 N–H and O–H groups in total. The SMILES string of the molecule is CC(C)CCCC(C)C1CCC2C3CC=C4CC(NCCNC(=O)OC(C)(C)C)CCC4(C)C3CCC12C. The van der Waals surface area contributed by atoms with E-state index >= 15 is 0 Å². The molecular formula is C34H60N2O2. The van der Waals surface area contributed by atoms with Gasteiger partial charge in [0.1, 0.15) is 5.60 Å². The van der Waals surface area contributed by atoms with Crippen LogP contribution in [0.25, 0.3) is 0 Å². The quantitative estimate of drug-likeness (QED) is 0.233. The van der Waals surface area contributed by atoms with Crippen molar-refractivity contribution in [3.8, 4) is 0 Å². The molecule has 0 aromatic carbocycles. The van der Waals surface area contributed by atoms with Crippen molar-refractivity contribution in [3.05, 3.63) is 11.6 Å². The summed E-state index contributed by atoms with van der Waals surface area (Å²) in [6.45, 7) is 19.8. The zero-order chi connectivity index (χ0) is 27.7. The van der Waals surface area contributed by atoms with Gasteiger partial charge >= 0.3 is 6.09 Å². The number of hydrogen-bond acceptors (Lipinski definition) is 3. The van der Waals surface area contributed by atoms with Gasteiger partial charge < -0.3 is 15.4 Å². The van der Waals surface area contributed by atoms with Crippen molar-refractivity contribution in [1.82, 2.24) is 10.6 Å². The fourth-order valence-electron chi connectivity index (χ4n) is 9.61. The first-order valence-corrected chi connectivity index (χ1v) is 16.2. The minimum absolute atomic E-state index is 0.319. The lowest BCUT2D eigenvalue weighted by atomic mass is 9.47. The van der Waals surface area contributed by atoms with Crippen molar-refractivity contribution < 1.29 is 9.53 Å². The monoisotopic (exact) mass is 528 g/mol. The summed E-state index contributed by atoms with van der Waals surface area (Å²) in [5, 5.41) is 6.63. The molecule has 4 heteroatoms. The zero-order valence-electron chi connectivity index (χ0n) is 26.1. The normalized spacial score (nSPS) is 37.6. The summed E-state index contributed by atoms with van der Waals surface area (Å²) in [5.41, 5.74) is 2.26. The fourth-order valence-corrected chi connectivity index (χ4v) is 9.61. The molecule has 0 aliphatic heterocycles. The molecule has 4 nitrogen and oxygen atoms in total. The van der Waals surface area contributed by atoms with Gasteiger partial charge in [0.05, 0.1) is 0 Å². The van der Waals surface area contributed by atoms with Crippen molar-refractivity contribution in [2.75, 3.05) is 13.1 Å². The van der Waals surface area contributed by atoms with Crippen LogP contribution >= 0.6 is 0 Å². The number of hydrogen-bond donors (Lipinski definition) is 2. The molecule has 4 rings (SSSR count). The minimum atomic E-state index is -0.446. The molecule has 0 bridgehead atoms. The van der Waals surface area contributed by atoms with E-state index in [1.165, 1.54) is 70.6 Å². The van der Waals surface area contributed by atoms with Crippen LogP contribution in [0.5, 0.6) is 0 Å². The molecule has 3 saturated carbocycles. The van der Waals surface area contributed by atoms with Gasteiger partial charge in [0.25, 0.3) is 0 Å². The molecule has 0 saturated heterocycles. The molecule has 0 heterocycles. The van der Waals surface area contributed by atoms with E-state index < -0.39 is 5.60 Å². The number of amides is 1. The van der Waals surface area contributed by atoms with E-state index in [0.29, 0.717) is 23.4 Å². The minimum Gasteiger partial charge on any atom is -0.444 e. The van der Waals surface area contributed by atoms with Gasteiger partial charge in [-0.25, -0.2) is 4.79 Å². The van der Waals surface area contributed by atoms with Gasteiger partial charge in [0.15, 0.2) is 0 Å². The maximum absolute atomic E-state index is 11.9. The van der Waals surface area contributed by atoms with Gasteiger partial charge in [-0.15, -0.1) is 0 Å². The van der Waals surface area contributed by atoms with Gasteiger partial charge in [0, 0.05) is 19.1 Å². The number of carbonyl (C=O) groups excluding carboxylic acids is 1. The average Bonchev–Trinajstić information content (AvgIpc) is 3.18. The number of rotatable bonds is 9. The second-order valence-electron chi connectivity index (χ2n) is 15.6. The molecule has 0 aromatic rings. The molecule has 8 atom stereocenters. The van der Waals surface area contributed by atoms with Crippen molar-refractivity contribution in [1.29, 1.82) is 0 Å². The topological polar surface area (TPSA) is 50.4 Å². The number of nitrogens with one attached hydrogen (secondary N) is 2. The van der Waals surface area contributed by atoms with Crippen molar-refractivity contribution in [2.45, 2.75) is 138 Å². The highest BCUT2D eigenvalue weighted by molar-refractivity contribution is 5.67. The lowest BCUT2D eigenvalue weighted by molar-refractivity contribution is -0.0514. The van der Waals surface area contributed by atoms with Crippen LogP contribution in [-0.4, -0.2) is 30.8 Å². The Morgan fingerprint density at radius 1 is 1.03 bits per heavy atom. The maximum Gasteiger partial charge on any atom is 0.407 e. The second kappa shape index (κ2) is 11.8. The van der Waals surface area contributed by atoms with Gasteiger partial charge in [-0.1, -0.05) is 65.5 Å². The van der Waals surface area contributed by atoms with E-state index in [2.05, 4.69) is 51.3 Å². The third kappa shape index (κ3) is 6.47. The largest absolute Gasteiger partial charge is 0.444 e. The molecule has 4 aliphatic rings. The Labute approximate surface area is 234 Å². The second-order valence-corrected chi connectivity index (χ2v) is 15.6. The van der Waals surface area contributed by atoms with Gasteiger partial charge in [0.2, 0.25) is 0 Å². The summed E-state index contributed by atoms with van der Waals surface area (Å²) < 4.78 is 5.36. The van der Waals surface area contributed by atoms with E-state index in [4.69, 9.17) is 4.74 Å². The van der Waals surface area contributed by atoms with Crippen LogP contribution in [0.15, 0.2) is 11.6 Å². The third-order valence-corrected chi connectivity index (χ3v) is 11.5. The Balaban J connectivity index is 1.31. The highest BCUT2D eigenvalue weighted by Gasteiger charge is 2.59. The maximum atomic E-state index is 11.9. The fraction of sp³-hybridized carbons (Fsp3) is 0.912. The Hall–Kier alpha value is -1.03. The summed E-state index contributed by atoms with van der Waals surface area (Å²) in [5.74, 6) is 5.38. The Morgan fingerprint density at radius 3 is 2.50 bits per heavy atom. The first-order valence-electron chi connectivity index (χ1n) is 16.2. The molecule has 8 unspecified atom stereocenters. The van der Waals surface area contributed by atoms with E-state index in [1.807, 2.05) is 20.8 Å². The van der Waals surface area contributed by atoms with Crippen LogP contribution < -0.4 is 10.6 Å². The third-order valence-electron chi connectivity index (χ3n) is 11.5. The number of fused-ring (bicyclic) bond motifs is 5. The van der Waals surface area contributed by atoms with E-state index in [-0.39, 0.29) is 6.09 Å². The van der Waals surface area contributed by atoms with E-state index in [0.717, 1.165) is 42.1 Å². The first kappa shape index (κ1) is 29.9. The summed E-state index contributed by atoms with van der Waals surface area (Å²) in [6.07, 6.45) is 17.5. The van der Waals surface area contributed by atoms with Crippen molar-refractivity contribution in [2.24, 2.45) is 46.3 Å². The van der Waals surface area contributed by atoms with Crippen LogP contribution in [0.1, 0.15) is 126 Å². The Bertz CT molecular complexity index is 844. The highest BCUT2D eigenvalue weighted by atomic mass is 16.6. The van der Waals surface area contributed by atoms with Gasteiger partial charge in [-0.05, 0) is 118 Å². The number of allylic oxidation sites excluding steroid dienone is 1. The first-order chi connectivity index (χ1) is 17.8. The highest BCUT2D eigenvalue weighted by Crippen LogP contribution is 2.67. The number of ether oxygens (including phenoxy) is 1. The van der Waals surface area contributed by atoms with Crippen LogP contribution in [0.2, 0.25) is 0 Å². The molecule has 4 aliphatic carbocycles. The Kier molecular flexibility index (Phi) is 9.32. The lowest BCUT2D eigenvalue weighted by Gasteiger charge is -2.58. The molecule has 1 amide bonds. The summed E-state index contributed by atoms with van der Waals surface area (Å²) in [6, 6.07) is 0.530. The molecule has 218 valence electrons. The smallest absolute Gasteiger partial charge is 0.407 e. The molecule has 0 spiro atoms. The molecule has 3 fully saturated rings. The summed E-state index contributed by atoms with van der Waals surface area (Å²) >= 11 is 0. The zero-order valence-corrected chi connectivity index (χ0v) is 26.1. The van der Waals surface area contributed by atoms with E-state index in [1.54, 1.807) is 5.57 Å². The predicted octanol–water partition coefficient (Wildman–Crippen LogP) is 8.51. The molecule has 0 aromatic heterocycles. The van der Waals surface area contributed by atoms with Crippen molar-refractivity contribution in [3.63, 3.8) is 0 Å². The Morgan fingerprint density at radius 2 is 1.79 bits per heavy atom. The van der Waals surface area contributed by atoms with E-state index in [9.17, 15) is 4.79 Å². The van der Waals surface area contributed by atoms with Crippen molar-refractivity contribution >= 4 is 6.09 Å². The lowest BCUT2D eigenvalue weighted by Crippen LogP contribution is -2.52. The molecule has 38 heavy (non-hydrogen) atoms. The standard InChI is InChI=1S/C34H60N2O2/c1-23(2)10-9-11-24(3)28-14-15-29-27-13-12-25-22-26(35-20-21-36-31(37)38-32(4,5)6)16-18-33(25,7)30(27)17-19-34(28,29)8/h12,23-24,26-30,35H,9-11,13-22H2,1-8H3,(H,36,37). The summed E-state index contributed by atoms with van der Waals surface area (Å²) in [7, 11) is 0.